The second-order valence-electron chi connectivity index (χ2n) is 6.47. The van der Waals surface area contributed by atoms with Gasteiger partial charge in [0.2, 0.25) is 0 Å². The molecule has 2 aliphatic carbocycles. The summed E-state index contributed by atoms with van der Waals surface area (Å²) < 4.78 is 0. The molecule has 2 nitrogen and oxygen atoms in total. The van der Waals surface area contributed by atoms with Crippen LogP contribution in [-0.2, 0) is 0 Å². The fourth-order valence-electron chi connectivity index (χ4n) is 4.18. The third-order valence-corrected chi connectivity index (χ3v) is 5.30. The van der Waals surface area contributed by atoms with Crippen LogP contribution in [0.2, 0.25) is 0 Å². The molecule has 0 radical (unpaired) electrons. The number of nitriles is 1. The number of aliphatic hydroxyl groups is 1. The molecule has 0 spiro atoms. The molecular weight excluding hydrogens is 210 g/mol. The molecule has 2 saturated carbocycles. The van der Waals surface area contributed by atoms with Crippen molar-refractivity contribution in [3.63, 3.8) is 0 Å². The predicted molar refractivity (Wildman–Crippen MR) is 68.3 cm³/mol. The molecule has 2 fully saturated rings. The summed E-state index contributed by atoms with van der Waals surface area (Å²) in [4.78, 5) is 0. The van der Waals surface area contributed by atoms with E-state index in [0.717, 1.165) is 38.5 Å². The first-order valence-electron chi connectivity index (χ1n) is 7.18. The van der Waals surface area contributed by atoms with Gasteiger partial charge in [-0.25, -0.2) is 0 Å². The van der Waals surface area contributed by atoms with Gasteiger partial charge in [0.05, 0.1) is 17.1 Å². The second-order valence-corrected chi connectivity index (χ2v) is 6.47. The lowest BCUT2D eigenvalue weighted by molar-refractivity contribution is -0.137. The van der Waals surface area contributed by atoms with E-state index in [1.54, 1.807) is 0 Å². The third-order valence-electron chi connectivity index (χ3n) is 5.30. The summed E-state index contributed by atoms with van der Waals surface area (Å²) in [5.41, 5.74) is -1.20. The van der Waals surface area contributed by atoms with Gasteiger partial charge in [0.15, 0.2) is 0 Å². The lowest BCUT2D eigenvalue weighted by Crippen LogP contribution is -2.55. The van der Waals surface area contributed by atoms with Crippen LogP contribution in [-0.4, -0.2) is 10.7 Å². The van der Waals surface area contributed by atoms with Gasteiger partial charge in [-0.05, 0) is 37.5 Å². The molecule has 4 atom stereocenters. The van der Waals surface area contributed by atoms with Crippen molar-refractivity contribution < 1.29 is 5.11 Å². The van der Waals surface area contributed by atoms with E-state index in [-0.39, 0.29) is 5.92 Å². The Hall–Kier alpha value is -0.550. The van der Waals surface area contributed by atoms with Crippen LogP contribution in [0.15, 0.2) is 0 Å². The maximum absolute atomic E-state index is 11.1. The van der Waals surface area contributed by atoms with E-state index in [2.05, 4.69) is 19.9 Å². The Morgan fingerprint density at radius 2 is 1.88 bits per heavy atom. The number of hydrogen-bond donors (Lipinski definition) is 1. The van der Waals surface area contributed by atoms with Crippen molar-refractivity contribution in [2.75, 3.05) is 0 Å². The first kappa shape index (κ1) is 12.9. The van der Waals surface area contributed by atoms with Crippen molar-refractivity contribution in [1.29, 1.82) is 5.26 Å². The van der Waals surface area contributed by atoms with E-state index in [1.807, 2.05) is 0 Å². The first-order valence-corrected chi connectivity index (χ1v) is 7.18. The molecule has 17 heavy (non-hydrogen) atoms. The highest BCUT2D eigenvalue weighted by Crippen LogP contribution is 2.53. The van der Waals surface area contributed by atoms with Gasteiger partial charge in [0, 0.05) is 0 Å². The first-order chi connectivity index (χ1) is 8.04. The Bertz CT molecular complexity index is 321. The molecule has 0 saturated heterocycles. The van der Waals surface area contributed by atoms with Crippen LogP contribution in [0, 0.1) is 28.6 Å². The molecular formula is C15H25NO. The zero-order valence-corrected chi connectivity index (χ0v) is 11.2. The van der Waals surface area contributed by atoms with Gasteiger partial charge in [0.25, 0.3) is 0 Å². The van der Waals surface area contributed by atoms with Crippen molar-refractivity contribution >= 4 is 0 Å². The zero-order valence-electron chi connectivity index (χ0n) is 11.2. The van der Waals surface area contributed by atoms with Gasteiger partial charge in [0.1, 0.15) is 0 Å². The molecule has 1 N–H and O–H groups in total. The largest absolute Gasteiger partial charge is 0.388 e. The average molecular weight is 235 g/mol. The van der Waals surface area contributed by atoms with E-state index in [9.17, 15) is 10.4 Å². The standard InChI is InChI=1S/C15H25NO/c1-12-6-5-8-14(10-12,11-16)15(17)9-4-3-7-13(15)2/h12-13,17H,3-10H2,1-2H3. The van der Waals surface area contributed by atoms with Gasteiger partial charge in [-0.3, -0.25) is 0 Å². The minimum atomic E-state index is -0.727. The van der Waals surface area contributed by atoms with Crippen molar-refractivity contribution in [2.24, 2.45) is 17.3 Å². The van der Waals surface area contributed by atoms with Crippen LogP contribution < -0.4 is 0 Å². The number of nitrogens with zero attached hydrogens (tertiary/aromatic N) is 1. The van der Waals surface area contributed by atoms with Crippen molar-refractivity contribution in [3.05, 3.63) is 0 Å². The monoisotopic (exact) mass is 235 g/mol. The maximum atomic E-state index is 11.1. The van der Waals surface area contributed by atoms with Crippen molar-refractivity contribution in [3.8, 4) is 6.07 Å². The topological polar surface area (TPSA) is 44.0 Å². The smallest absolute Gasteiger partial charge is 0.0865 e. The average Bonchev–Trinajstić information content (AvgIpc) is 2.32. The van der Waals surface area contributed by atoms with Crippen LogP contribution >= 0.6 is 0 Å². The van der Waals surface area contributed by atoms with Crippen LogP contribution in [0.3, 0.4) is 0 Å². The van der Waals surface area contributed by atoms with E-state index in [0.29, 0.717) is 5.92 Å². The molecule has 2 aliphatic rings. The van der Waals surface area contributed by atoms with Crippen LogP contribution in [0.5, 0.6) is 0 Å². The molecule has 0 bridgehead atoms. The van der Waals surface area contributed by atoms with Crippen molar-refractivity contribution in [2.45, 2.75) is 70.8 Å². The van der Waals surface area contributed by atoms with E-state index in [4.69, 9.17) is 0 Å². The fraction of sp³-hybridized carbons (Fsp3) is 0.933. The Morgan fingerprint density at radius 3 is 2.47 bits per heavy atom. The summed E-state index contributed by atoms with van der Waals surface area (Å²) in [6.07, 6.45) is 8.30. The molecule has 0 aromatic heterocycles. The molecule has 96 valence electrons. The Kier molecular flexibility index (Phi) is 3.50. The Morgan fingerprint density at radius 1 is 1.12 bits per heavy atom. The normalized spacial score (nSPS) is 47.4. The summed E-state index contributed by atoms with van der Waals surface area (Å²) in [6, 6.07) is 2.54. The summed E-state index contributed by atoms with van der Waals surface area (Å²) in [5, 5.41) is 20.8. The maximum Gasteiger partial charge on any atom is 0.0865 e. The van der Waals surface area contributed by atoms with Crippen LogP contribution in [0.25, 0.3) is 0 Å². The van der Waals surface area contributed by atoms with Gasteiger partial charge in [-0.1, -0.05) is 39.5 Å². The van der Waals surface area contributed by atoms with Crippen LogP contribution in [0.1, 0.15) is 65.2 Å². The second kappa shape index (κ2) is 4.61. The van der Waals surface area contributed by atoms with Crippen LogP contribution in [0.4, 0.5) is 0 Å². The van der Waals surface area contributed by atoms with Gasteiger partial charge in [-0.15, -0.1) is 0 Å². The molecule has 0 amide bonds. The summed E-state index contributed by atoms with van der Waals surface area (Å²) in [5.74, 6) is 0.864. The molecule has 0 aromatic rings. The summed E-state index contributed by atoms with van der Waals surface area (Å²) in [6.45, 7) is 4.36. The highest BCUT2D eigenvalue weighted by Gasteiger charge is 2.55. The number of hydrogen-bond acceptors (Lipinski definition) is 2. The minimum Gasteiger partial charge on any atom is -0.388 e. The number of rotatable bonds is 1. The predicted octanol–water partition coefficient (Wildman–Crippen LogP) is 3.65. The van der Waals surface area contributed by atoms with E-state index >= 15 is 0 Å². The lowest BCUT2D eigenvalue weighted by Gasteiger charge is -2.51. The fourth-order valence-corrected chi connectivity index (χ4v) is 4.18. The highest BCUT2D eigenvalue weighted by atomic mass is 16.3. The van der Waals surface area contributed by atoms with E-state index < -0.39 is 11.0 Å². The van der Waals surface area contributed by atoms with Gasteiger partial charge >= 0.3 is 0 Å². The zero-order chi connectivity index (χ0) is 12.5. The van der Waals surface area contributed by atoms with Gasteiger partial charge in [-0.2, -0.15) is 5.26 Å². The Labute approximate surface area is 105 Å². The Balaban J connectivity index is 2.30. The quantitative estimate of drug-likeness (QED) is 0.754. The summed E-state index contributed by atoms with van der Waals surface area (Å²) >= 11 is 0. The molecule has 0 aliphatic heterocycles. The molecule has 0 aromatic carbocycles. The van der Waals surface area contributed by atoms with E-state index in [1.165, 1.54) is 12.8 Å². The van der Waals surface area contributed by atoms with Crippen molar-refractivity contribution in [1.82, 2.24) is 0 Å². The molecule has 0 heterocycles. The molecule has 2 heteroatoms. The highest BCUT2D eigenvalue weighted by molar-refractivity contribution is 5.15. The SMILES string of the molecule is CC1CCCC(C#N)(C2(O)CCCCC2C)C1. The molecule has 2 rings (SSSR count). The lowest BCUT2D eigenvalue weighted by atomic mass is 9.55. The van der Waals surface area contributed by atoms with Gasteiger partial charge < -0.3 is 5.11 Å². The molecule has 4 unspecified atom stereocenters. The minimum absolute atomic E-state index is 0.279. The summed E-state index contributed by atoms with van der Waals surface area (Å²) in [7, 11) is 0. The third kappa shape index (κ3) is 1.99.